The summed E-state index contributed by atoms with van der Waals surface area (Å²) in [4.78, 5) is 49.4. The molecule has 0 saturated carbocycles. The highest BCUT2D eigenvalue weighted by molar-refractivity contribution is 9.10. The molecule has 1 aliphatic heterocycles. The number of ether oxygens (including phenoxy) is 3. The SMILES string of the molecule is CCOc1cc(/C=C2\SC(=O)N(CC(=O)Nc3ccc(F)c(F)c3F)C2=O)cc(Br)c1OCC(=O)OC. The summed E-state index contributed by atoms with van der Waals surface area (Å²) in [7, 11) is 1.21. The highest BCUT2D eigenvalue weighted by Crippen LogP contribution is 2.39. The number of amides is 3. The van der Waals surface area contributed by atoms with E-state index in [1.165, 1.54) is 19.3 Å². The number of nitrogens with one attached hydrogen (secondary N) is 1. The van der Waals surface area contributed by atoms with Gasteiger partial charge in [-0.05, 0) is 70.5 Å². The zero-order valence-electron chi connectivity index (χ0n) is 19.2. The van der Waals surface area contributed by atoms with Gasteiger partial charge in [0.05, 0.1) is 28.8 Å². The maximum absolute atomic E-state index is 13.8. The molecule has 1 N–H and O–H groups in total. The zero-order chi connectivity index (χ0) is 27.3. The fourth-order valence-corrected chi connectivity index (χ4v) is 4.42. The van der Waals surface area contributed by atoms with Crippen LogP contribution in [0.1, 0.15) is 12.5 Å². The van der Waals surface area contributed by atoms with Gasteiger partial charge in [0.1, 0.15) is 6.54 Å². The average Bonchev–Trinajstić information content (AvgIpc) is 3.11. The summed E-state index contributed by atoms with van der Waals surface area (Å²) < 4.78 is 56.2. The lowest BCUT2D eigenvalue weighted by molar-refractivity contribution is -0.143. The van der Waals surface area contributed by atoms with Gasteiger partial charge in [-0.15, -0.1) is 0 Å². The third kappa shape index (κ3) is 6.63. The van der Waals surface area contributed by atoms with Crippen molar-refractivity contribution in [3.05, 3.63) is 56.7 Å². The number of carbonyl (C=O) groups is 4. The van der Waals surface area contributed by atoms with E-state index in [1.54, 1.807) is 13.0 Å². The fraction of sp³-hybridized carbons (Fsp3) is 0.217. The molecular weight excluding hydrogens is 585 g/mol. The van der Waals surface area contributed by atoms with Gasteiger partial charge in [0, 0.05) is 0 Å². The van der Waals surface area contributed by atoms with Gasteiger partial charge >= 0.3 is 5.97 Å². The highest BCUT2D eigenvalue weighted by atomic mass is 79.9. The summed E-state index contributed by atoms with van der Waals surface area (Å²) in [5.41, 5.74) is -0.214. The van der Waals surface area contributed by atoms with E-state index in [0.29, 0.717) is 32.8 Å². The Bertz CT molecular complexity index is 1310. The lowest BCUT2D eigenvalue weighted by Gasteiger charge is -2.14. The number of imide groups is 1. The number of halogens is 4. The highest BCUT2D eigenvalue weighted by Gasteiger charge is 2.36. The lowest BCUT2D eigenvalue weighted by atomic mass is 10.2. The number of esters is 1. The van der Waals surface area contributed by atoms with E-state index in [0.717, 1.165) is 6.07 Å². The number of methoxy groups -OCH3 is 1. The van der Waals surface area contributed by atoms with Gasteiger partial charge in [0.25, 0.3) is 11.1 Å². The maximum Gasteiger partial charge on any atom is 0.343 e. The van der Waals surface area contributed by atoms with E-state index in [-0.39, 0.29) is 29.6 Å². The Kier molecular flexibility index (Phi) is 9.21. The molecule has 3 amide bonds. The van der Waals surface area contributed by atoms with Gasteiger partial charge in [-0.3, -0.25) is 19.3 Å². The number of carbonyl (C=O) groups excluding carboxylic acids is 4. The number of anilines is 1. The van der Waals surface area contributed by atoms with Gasteiger partial charge in [-0.25, -0.2) is 18.0 Å². The van der Waals surface area contributed by atoms with Crippen LogP contribution in [0.25, 0.3) is 6.08 Å². The van der Waals surface area contributed by atoms with E-state index in [2.05, 4.69) is 20.7 Å². The number of benzene rings is 2. The first-order valence-corrected chi connectivity index (χ1v) is 12.0. The molecule has 0 aromatic heterocycles. The number of thioether (sulfide) groups is 1. The summed E-state index contributed by atoms with van der Waals surface area (Å²) in [6.07, 6.45) is 1.38. The molecule has 1 fully saturated rings. The van der Waals surface area contributed by atoms with E-state index < -0.39 is 52.7 Å². The molecule has 1 heterocycles. The van der Waals surface area contributed by atoms with Crippen LogP contribution in [0, 0.1) is 17.5 Å². The second-order valence-corrected chi connectivity index (χ2v) is 9.01. The Hall–Kier alpha value is -3.52. The van der Waals surface area contributed by atoms with Crippen molar-refractivity contribution in [2.75, 3.05) is 32.2 Å². The van der Waals surface area contributed by atoms with Crippen LogP contribution in [0.2, 0.25) is 0 Å². The molecule has 0 aliphatic carbocycles. The number of hydrogen-bond acceptors (Lipinski definition) is 8. The Balaban J connectivity index is 1.77. The van der Waals surface area contributed by atoms with Crippen LogP contribution in [-0.2, 0) is 19.1 Å². The van der Waals surface area contributed by atoms with Crippen molar-refractivity contribution in [3.8, 4) is 11.5 Å². The molecule has 0 spiro atoms. The van der Waals surface area contributed by atoms with Crippen molar-refractivity contribution >= 4 is 62.5 Å². The van der Waals surface area contributed by atoms with E-state index in [1.807, 2.05) is 5.32 Å². The van der Waals surface area contributed by atoms with Crippen LogP contribution < -0.4 is 14.8 Å². The summed E-state index contributed by atoms with van der Waals surface area (Å²) in [6.45, 7) is 0.834. The van der Waals surface area contributed by atoms with E-state index >= 15 is 0 Å². The van der Waals surface area contributed by atoms with Crippen LogP contribution >= 0.6 is 27.7 Å². The quantitative estimate of drug-likeness (QED) is 0.254. The summed E-state index contributed by atoms with van der Waals surface area (Å²) in [5, 5.41) is 1.24. The van der Waals surface area contributed by atoms with Crippen molar-refractivity contribution in [2.24, 2.45) is 0 Å². The molecule has 1 saturated heterocycles. The Morgan fingerprint density at radius 1 is 1.14 bits per heavy atom. The molecule has 196 valence electrons. The standard InChI is InChI=1S/C23H18BrF3N2O7S/c1-3-35-15-7-11(6-12(24)21(15)36-10-18(31)34-2)8-16-22(32)29(23(33)37-16)9-17(30)28-14-5-4-13(25)19(26)20(14)27/h4-8H,3,9-10H2,1-2H3,(H,28,30)/b16-8-. The van der Waals surface area contributed by atoms with Crippen molar-refractivity contribution < 1.29 is 46.6 Å². The second kappa shape index (κ2) is 12.1. The second-order valence-electron chi connectivity index (χ2n) is 7.17. The smallest absolute Gasteiger partial charge is 0.343 e. The first kappa shape index (κ1) is 28.1. The predicted octanol–water partition coefficient (Wildman–Crippen LogP) is 4.49. The van der Waals surface area contributed by atoms with E-state index in [4.69, 9.17) is 9.47 Å². The molecule has 2 aromatic carbocycles. The Morgan fingerprint density at radius 3 is 2.54 bits per heavy atom. The Labute approximate surface area is 221 Å². The first-order valence-electron chi connectivity index (χ1n) is 10.4. The van der Waals surface area contributed by atoms with Crippen LogP contribution in [0.4, 0.5) is 23.7 Å². The van der Waals surface area contributed by atoms with Gasteiger partial charge in [-0.2, -0.15) is 0 Å². The van der Waals surface area contributed by atoms with Crippen LogP contribution in [-0.4, -0.2) is 54.8 Å². The molecule has 0 radical (unpaired) electrons. The summed E-state index contributed by atoms with van der Waals surface area (Å²) in [5.74, 6) is -6.75. The van der Waals surface area contributed by atoms with E-state index in [9.17, 15) is 32.3 Å². The van der Waals surface area contributed by atoms with Gasteiger partial charge in [0.15, 0.2) is 35.6 Å². The zero-order valence-corrected chi connectivity index (χ0v) is 21.6. The minimum atomic E-state index is -1.77. The van der Waals surface area contributed by atoms with Crippen molar-refractivity contribution in [1.82, 2.24) is 4.90 Å². The van der Waals surface area contributed by atoms with Gasteiger partial charge < -0.3 is 19.5 Å². The minimum absolute atomic E-state index is 0.0191. The molecule has 37 heavy (non-hydrogen) atoms. The van der Waals surface area contributed by atoms with Crippen molar-refractivity contribution in [3.63, 3.8) is 0 Å². The predicted molar refractivity (Wildman–Crippen MR) is 130 cm³/mol. The maximum atomic E-state index is 13.8. The van der Waals surface area contributed by atoms with Crippen LogP contribution in [0.5, 0.6) is 11.5 Å². The van der Waals surface area contributed by atoms with Gasteiger partial charge in [0.2, 0.25) is 5.91 Å². The number of hydrogen-bond donors (Lipinski definition) is 1. The molecule has 9 nitrogen and oxygen atoms in total. The molecular formula is C23H18BrF3N2O7S. The largest absolute Gasteiger partial charge is 0.490 e. The van der Waals surface area contributed by atoms with Crippen molar-refractivity contribution in [1.29, 1.82) is 0 Å². The molecule has 1 aliphatic rings. The molecule has 0 bridgehead atoms. The summed E-state index contributed by atoms with van der Waals surface area (Å²) in [6, 6.07) is 4.51. The number of rotatable bonds is 9. The Morgan fingerprint density at radius 2 is 1.86 bits per heavy atom. The summed E-state index contributed by atoms with van der Waals surface area (Å²) >= 11 is 3.88. The molecule has 0 unspecified atom stereocenters. The number of nitrogens with zero attached hydrogens (tertiary/aromatic N) is 1. The first-order chi connectivity index (χ1) is 17.5. The van der Waals surface area contributed by atoms with Gasteiger partial charge in [-0.1, -0.05) is 0 Å². The topological polar surface area (TPSA) is 111 Å². The molecule has 0 atom stereocenters. The third-order valence-electron chi connectivity index (χ3n) is 4.68. The molecule has 3 rings (SSSR count). The van der Waals surface area contributed by atoms with Crippen molar-refractivity contribution in [2.45, 2.75) is 6.92 Å². The normalized spacial score (nSPS) is 14.2. The van der Waals surface area contributed by atoms with Crippen LogP contribution in [0.3, 0.4) is 0 Å². The minimum Gasteiger partial charge on any atom is -0.490 e. The molecule has 14 heteroatoms. The lowest BCUT2D eigenvalue weighted by Crippen LogP contribution is -2.36. The van der Waals surface area contributed by atoms with Crippen LogP contribution in [0.15, 0.2) is 33.6 Å². The monoisotopic (exact) mass is 602 g/mol. The third-order valence-corrected chi connectivity index (χ3v) is 6.17. The fourth-order valence-electron chi connectivity index (χ4n) is 3.01. The molecule has 2 aromatic rings. The average molecular weight is 603 g/mol.